The molecule has 3 aromatic rings. The highest BCUT2D eigenvalue weighted by atomic mass is 35.5. The van der Waals surface area contributed by atoms with Crippen molar-refractivity contribution < 1.29 is 13.2 Å². The van der Waals surface area contributed by atoms with Crippen molar-refractivity contribution in [1.82, 2.24) is 14.9 Å². The topological polar surface area (TPSA) is 106 Å². The van der Waals surface area contributed by atoms with Crippen molar-refractivity contribution in [2.75, 3.05) is 19.3 Å². The molecule has 1 aliphatic carbocycles. The van der Waals surface area contributed by atoms with Gasteiger partial charge in [0.2, 0.25) is 0 Å². The fraction of sp³-hybridized carbons (Fsp3) is 0.370. The summed E-state index contributed by atoms with van der Waals surface area (Å²) in [6.07, 6.45) is 6.94. The van der Waals surface area contributed by atoms with Gasteiger partial charge in [0.05, 0.1) is 16.2 Å². The number of carbonyl (C=O) groups is 1. The molecule has 2 aromatic carbocycles. The van der Waals surface area contributed by atoms with Crippen LogP contribution in [0.15, 0.2) is 59.6 Å². The molecule has 37 heavy (non-hydrogen) atoms. The smallest absolute Gasteiger partial charge is 0.257 e. The molecule has 1 saturated carbocycles. The van der Waals surface area contributed by atoms with Gasteiger partial charge in [-0.15, -0.1) is 12.4 Å². The highest BCUT2D eigenvalue weighted by Gasteiger charge is 2.40. The lowest BCUT2D eigenvalue weighted by Gasteiger charge is -2.44. The molecule has 0 radical (unpaired) electrons. The number of nitrogens with zero attached hydrogens (tertiary/aromatic N) is 3. The fourth-order valence-electron chi connectivity index (χ4n) is 5.52. The van der Waals surface area contributed by atoms with Crippen molar-refractivity contribution >= 4 is 39.8 Å². The Morgan fingerprint density at radius 2 is 1.86 bits per heavy atom. The molecule has 5 rings (SSSR count). The van der Waals surface area contributed by atoms with Crippen LogP contribution in [0.2, 0.25) is 5.02 Å². The molecule has 0 atom stereocenters. The number of aromatic nitrogens is 2. The van der Waals surface area contributed by atoms with Gasteiger partial charge < -0.3 is 10.6 Å². The average molecular weight is 562 g/mol. The number of halogens is 2. The summed E-state index contributed by atoms with van der Waals surface area (Å²) >= 11 is 6.25. The minimum Gasteiger partial charge on any atom is -0.335 e. The van der Waals surface area contributed by atoms with Gasteiger partial charge in [0.1, 0.15) is 0 Å². The molecule has 2 heterocycles. The average Bonchev–Trinajstić information content (AvgIpc) is 2.88. The maximum absolute atomic E-state index is 13.4. The SMILES string of the molecule is CS(=O)(=O)c1cccc(-c2ncc3c(n2)CCN(C2CCC(CN)(c4cccc(Cl)c4)CC2)C3=O)c1.Cl. The van der Waals surface area contributed by atoms with E-state index in [1.807, 2.05) is 23.1 Å². The van der Waals surface area contributed by atoms with Crippen LogP contribution in [0.5, 0.6) is 0 Å². The number of rotatable bonds is 5. The third-order valence-corrected chi connectivity index (χ3v) is 8.99. The number of benzene rings is 2. The summed E-state index contributed by atoms with van der Waals surface area (Å²) in [5, 5.41) is 0.715. The van der Waals surface area contributed by atoms with Gasteiger partial charge in [-0.1, -0.05) is 35.9 Å². The molecule has 1 aromatic heterocycles. The van der Waals surface area contributed by atoms with Crippen LogP contribution in [-0.2, 0) is 21.7 Å². The zero-order valence-electron chi connectivity index (χ0n) is 20.6. The van der Waals surface area contributed by atoms with E-state index < -0.39 is 9.84 Å². The fourth-order valence-corrected chi connectivity index (χ4v) is 6.38. The summed E-state index contributed by atoms with van der Waals surface area (Å²) in [6.45, 7) is 1.15. The Morgan fingerprint density at radius 1 is 1.14 bits per heavy atom. The van der Waals surface area contributed by atoms with E-state index in [1.165, 1.54) is 11.8 Å². The number of amides is 1. The second kappa shape index (κ2) is 10.7. The number of fused-ring (bicyclic) bond motifs is 1. The third kappa shape index (κ3) is 5.39. The largest absolute Gasteiger partial charge is 0.335 e. The maximum atomic E-state index is 13.4. The van der Waals surface area contributed by atoms with Crippen LogP contribution in [-0.4, -0.2) is 54.6 Å². The summed E-state index contributed by atoms with van der Waals surface area (Å²) in [5.74, 6) is 0.383. The molecule has 2 aliphatic rings. The molecule has 10 heteroatoms. The predicted octanol–water partition coefficient (Wildman–Crippen LogP) is 4.46. The lowest BCUT2D eigenvalue weighted by Crippen LogP contribution is -2.49. The summed E-state index contributed by atoms with van der Waals surface area (Å²) in [4.78, 5) is 24.7. The van der Waals surface area contributed by atoms with Crippen molar-refractivity contribution in [1.29, 1.82) is 0 Å². The van der Waals surface area contributed by atoms with Crippen molar-refractivity contribution in [2.24, 2.45) is 5.73 Å². The van der Waals surface area contributed by atoms with Crippen molar-refractivity contribution in [3.8, 4) is 11.4 Å². The second-order valence-corrected chi connectivity index (χ2v) is 12.3. The van der Waals surface area contributed by atoms with Gasteiger partial charge in [0.25, 0.3) is 5.91 Å². The van der Waals surface area contributed by atoms with Crippen molar-refractivity contribution in [2.45, 2.75) is 48.5 Å². The van der Waals surface area contributed by atoms with Gasteiger partial charge in [0, 0.05) is 54.0 Å². The Kier molecular flexibility index (Phi) is 7.95. The monoisotopic (exact) mass is 560 g/mol. The minimum atomic E-state index is -3.34. The molecular formula is C27H30Cl2N4O3S. The van der Waals surface area contributed by atoms with E-state index in [0.29, 0.717) is 47.2 Å². The predicted molar refractivity (Wildman–Crippen MR) is 147 cm³/mol. The quantitative estimate of drug-likeness (QED) is 0.493. The first-order chi connectivity index (χ1) is 17.2. The number of carbonyl (C=O) groups excluding carboxylic acids is 1. The molecule has 0 unspecified atom stereocenters. The molecule has 0 spiro atoms. The molecule has 7 nitrogen and oxygen atoms in total. The highest BCUT2D eigenvalue weighted by Crippen LogP contribution is 2.41. The van der Waals surface area contributed by atoms with Crippen LogP contribution in [0.25, 0.3) is 11.4 Å². The molecular weight excluding hydrogens is 531 g/mol. The first-order valence-corrected chi connectivity index (χ1v) is 14.4. The Morgan fingerprint density at radius 3 is 2.54 bits per heavy atom. The summed E-state index contributed by atoms with van der Waals surface area (Å²) in [7, 11) is -3.34. The molecule has 1 amide bonds. The van der Waals surface area contributed by atoms with Gasteiger partial charge in [-0.2, -0.15) is 0 Å². The molecule has 1 fully saturated rings. The highest BCUT2D eigenvalue weighted by molar-refractivity contribution is 7.90. The Balaban J connectivity index is 0.00000320. The summed E-state index contributed by atoms with van der Waals surface area (Å²) in [5.41, 5.74) is 9.16. The van der Waals surface area contributed by atoms with Crippen LogP contribution < -0.4 is 5.73 Å². The van der Waals surface area contributed by atoms with Crippen LogP contribution in [0, 0.1) is 0 Å². The minimum absolute atomic E-state index is 0. The molecule has 1 aliphatic heterocycles. The number of sulfone groups is 1. The zero-order valence-corrected chi connectivity index (χ0v) is 23.0. The number of hydrogen-bond donors (Lipinski definition) is 1. The first-order valence-electron chi connectivity index (χ1n) is 12.1. The molecule has 0 bridgehead atoms. The first kappa shape index (κ1) is 27.5. The maximum Gasteiger partial charge on any atom is 0.257 e. The van der Waals surface area contributed by atoms with E-state index in [9.17, 15) is 13.2 Å². The second-order valence-electron chi connectivity index (χ2n) is 9.83. The lowest BCUT2D eigenvalue weighted by molar-refractivity contribution is 0.0572. The Hall–Kier alpha value is -2.52. The van der Waals surface area contributed by atoms with E-state index in [0.717, 1.165) is 25.7 Å². The van der Waals surface area contributed by atoms with E-state index in [1.54, 1.807) is 30.5 Å². The molecule has 196 valence electrons. The standard InChI is InChI=1S/C27H29ClN4O3S.ClH/c1-36(34,35)22-7-2-4-18(14-22)25-30-16-23-24(31-25)10-13-32(26(23)33)21-8-11-27(17-29,12-9-21)19-5-3-6-20(28)15-19;/h2-7,14-16,21H,8-13,17,29H2,1H3;1H. The normalized spacial score (nSPS) is 21.8. The van der Waals surface area contributed by atoms with E-state index in [2.05, 4.69) is 16.0 Å². The molecule has 0 saturated heterocycles. The summed E-state index contributed by atoms with van der Waals surface area (Å²) in [6, 6.07) is 14.7. The van der Waals surface area contributed by atoms with Gasteiger partial charge in [-0.05, 0) is 55.5 Å². The van der Waals surface area contributed by atoms with E-state index in [-0.39, 0.29) is 34.7 Å². The van der Waals surface area contributed by atoms with Crippen LogP contribution in [0.4, 0.5) is 0 Å². The lowest BCUT2D eigenvalue weighted by atomic mass is 9.68. The van der Waals surface area contributed by atoms with Gasteiger partial charge in [-0.3, -0.25) is 4.79 Å². The van der Waals surface area contributed by atoms with Crippen LogP contribution in [0.3, 0.4) is 0 Å². The van der Waals surface area contributed by atoms with Crippen molar-refractivity contribution in [3.63, 3.8) is 0 Å². The number of nitrogens with two attached hydrogens (primary N) is 1. The molecule has 2 N–H and O–H groups in total. The summed E-state index contributed by atoms with van der Waals surface area (Å²) < 4.78 is 23.9. The van der Waals surface area contributed by atoms with Gasteiger partial charge in [0.15, 0.2) is 15.7 Å². The zero-order chi connectivity index (χ0) is 25.5. The third-order valence-electron chi connectivity index (χ3n) is 7.65. The van der Waals surface area contributed by atoms with E-state index in [4.69, 9.17) is 17.3 Å². The Bertz CT molecular complexity index is 1420. The number of hydrogen-bond acceptors (Lipinski definition) is 6. The van der Waals surface area contributed by atoms with Crippen LogP contribution in [0.1, 0.15) is 47.3 Å². The van der Waals surface area contributed by atoms with Gasteiger partial charge in [-0.25, -0.2) is 18.4 Å². The van der Waals surface area contributed by atoms with Gasteiger partial charge >= 0.3 is 0 Å². The van der Waals surface area contributed by atoms with Crippen LogP contribution >= 0.6 is 24.0 Å². The van der Waals surface area contributed by atoms with Crippen molar-refractivity contribution in [3.05, 3.63) is 76.6 Å². The Labute approximate surface area is 228 Å². The van der Waals surface area contributed by atoms with E-state index >= 15 is 0 Å².